The number of hydrogen-bond donors (Lipinski definition) is 1. The second-order valence-electron chi connectivity index (χ2n) is 5.37. The highest BCUT2D eigenvalue weighted by molar-refractivity contribution is 6.02. The summed E-state index contributed by atoms with van der Waals surface area (Å²) in [4.78, 5) is 14.7. The molecule has 4 nitrogen and oxygen atoms in total. The van der Waals surface area contributed by atoms with Gasteiger partial charge in [-0.3, -0.25) is 4.79 Å². The molecular formula is C16H24N2O2. The first-order valence-electron chi connectivity index (χ1n) is 7.39. The van der Waals surface area contributed by atoms with Crippen LogP contribution in [0.2, 0.25) is 0 Å². The lowest BCUT2D eigenvalue weighted by Gasteiger charge is -2.42. The highest BCUT2D eigenvalue weighted by atomic mass is 16.5. The van der Waals surface area contributed by atoms with Crippen molar-refractivity contribution in [1.29, 1.82) is 0 Å². The maximum atomic E-state index is 12.8. The third-order valence-electron chi connectivity index (χ3n) is 4.07. The average molecular weight is 276 g/mol. The first kappa shape index (κ1) is 14.9. The molecular weight excluding hydrogens is 252 g/mol. The van der Waals surface area contributed by atoms with Crippen LogP contribution in [0.5, 0.6) is 5.75 Å². The molecule has 1 aromatic carbocycles. The quantitative estimate of drug-likeness (QED) is 0.899. The van der Waals surface area contributed by atoms with Crippen molar-refractivity contribution in [2.75, 3.05) is 18.0 Å². The van der Waals surface area contributed by atoms with E-state index in [9.17, 15) is 4.79 Å². The maximum Gasteiger partial charge on any atom is 0.271 e. The fourth-order valence-electron chi connectivity index (χ4n) is 2.70. The first-order valence-corrected chi connectivity index (χ1v) is 7.39. The first-order chi connectivity index (χ1) is 9.57. The van der Waals surface area contributed by atoms with E-state index in [4.69, 9.17) is 10.5 Å². The molecule has 1 aromatic rings. The van der Waals surface area contributed by atoms with E-state index >= 15 is 0 Å². The summed E-state index contributed by atoms with van der Waals surface area (Å²) in [7, 11) is 0. The van der Waals surface area contributed by atoms with Gasteiger partial charge in [-0.05, 0) is 50.4 Å². The second kappa shape index (κ2) is 5.83. The third kappa shape index (κ3) is 2.40. The molecule has 0 saturated carbocycles. The number of amides is 1. The fraction of sp³-hybridized carbons (Fsp3) is 0.562. The number of rotatable bonds is 5. The average Bonchev–Trinajstić information content (AvgIpc) is 2.46. The summed E-state index contributed by atoms with van der Waals surface area (Å²) in [5.41, 5.74) is 6.88. The minimum absolute atomic E-state index is 0.0639. The predicted octanol–water partition coefficient (Wildman–Crippen LogP) is 2.63. The van der Waals surface area contributed by atoms with Crippen LogP contribution in [0.3, 0.4) is 0 Å². The van der Waals surface area contributed by atoms with Crippen molar-refractivity contribution in [3.63, 3.8) is 0 Å². The minimum Gasteiger partial charge on any atom is -0.475 e. The molecule has 0 saturated heterocycles. The molecule has 0 radical (unpaired) electrons. The number of aryl methyl sites for hydroxylation is 1. The number of carbonyl (C=O) groups excluding carboxylic acids is 1. The normalized spacial score (nSPS) is 16.8. The van der Waals surface area contributed by atoms with Crippen molar-refractivity contribution in [1.82, 2.24) is 0 Å². The molecule has 110 valence electrons. The number of anilines is 1. The minimum atomic E-state index is -0.725. The standard InChI is InChI=1S/C16H24N2O2/c1-4-16(5-2)15(19)18(10-6-9-17)13-11-12(3)7-8-14(13)20-16/h7-8,11H,4-6,9-10,17H2,1-3H3. The molecule has 0 unspecified atom stereocenters. The largest absolute Gasteiger partial charge is 0.475 e. The number of benzene rings is 1. The molecule has 2 rings (SSSR count). The van der Waals surface area contributed by atoms with E-state index in [1.54, 1.807) is 0 Å². The third-order valence-corrected chi connectivity index (χ3v) is 4.07. The van der Waals surface area contributed by atoms with Crippen LogP contribution in [0.15, 0.2) is 18.2 Å². The topological polar surface area (TPSA) is 55.6 Å². The molecule has 1 heterocycles. The zero-order chi connectivity index (χ0) is 14.8. The monoisotopic (exact) mass is 276 g/mol. The maximum absolute atomic E-state index is 12.8. The lowest BCUT2D eigenvalue weighted by atomic mass is 9.92. The molecule has 1 amide bonds. The Kier molecular flexibility index (Phi) is 4.33. The highest BCUT2D eigenvalue weighted by Gasteiger charge is 2.45. The van der Waals surface area contributed by atoms with Crippen LogP contribution in [-0.2, 0) is 4.79 Å². The number of nitrogens with two attached hydrogens (primary N) is 1. The lowest BCUT2D eigenvalue weighted by molar-refractivity contribution is -0.136. The summed E-state index contributed by atoms with van der Waals surface area (Å²) in [6, 6.07) is 6.00. The van der Waals surface area contributed by atoms with Gasteiger partial charge >= 0.3 is 0 Å². The SMILES string of the molecule is CCC1(CC)Oc2ccc(C)cc2N(CCCN)C1=O. The van der Waals surface area contributed by atoms with Gasteiger partial charge in [0.05, 0.1) is 5.69 Å². The van der Waals surface area contributed by atoms with Gasteiger partial charge in [0.1, 0.15) is 5.75 Å². The van der Waals surface area contributed by atoms with Gasteiger partial charge in [-0.2, -0.15) is 0 Å². The van der Waals surface area contributed by atoms with E-state index in [-0.39, 0.29) is 5.91 Å². The predicted molar refractivity (Wildman–Crippen MR) is 81.1 cm³/mol. The van der Waals surface area contributed by atoms with Crippen LogP contribution in [0.4, 0.5) is 5.69 Å². The summed E-state index contributed by atoms with van der Waals surface area (Å²) in [5.74, 6) is 0.866. The summed E-state index contributed by atoms with van der Waals surface area (Å²) >= 11 is 0. The number of ether oxygens (including phenoxy) is 1. The van der Waals surface area contributed by atoms with Crippen LogP contribution in [0.1, 0.15) is 38.7 Å². The molecule has 1 aliphatic heterocycles. The Morgan fingerprint density at radius 3 is 2.60 bits per heavy atom. The van der Waals surface area contributed by atoms with E-state index in [1.807, 2.05) is 43.9 Å². The summed E-state index contributed by atoms with van der Waals surface area (Å²) in [5, 5.41) is 0. The molecule has 20 heavy (non-hydrogen) atoms. The van der Waals surface area contributed by atoms with Crippen molar-refractivity contribution in [2.45, 2.75) is 45.6 Å². The zero-order valence-corrected chi connectivity index (χ0v) is 12.6. The Morgan fingerprint density at radius 1 is 1.30 bits per heavy atom. The van der Waals surface area contributed by atoms with Crippen LogP contribution >= 0.6 is 0 Å². The van der Waals surface area contributed by atoms with Crippen molar-refractivity contribution < 1.29 is 9.53 Å². The number of carbonyl (C=O) groups is 1. The zero-order valence-electron chi connectivity index (χ0n) is 12.6. The van der Waals surface area contributed by atoms with Crippen LogP contribution < -0.4 is 15.4 Å². The Bertz CT molecular complexity index is 495. The number of nitrogens with zero attached hydrogens (tertiary/aromatic N) is 1. The highest BCUT2D eigenvalue weighted by Crippen LogP contribution is 2.41. The molecule has 0 aliphatic carbocycles. The van der Waals surface area contributed by atoms with Gasteiger partial charge < -0.3 is 15.4 Å². The van der Waals surface area contributed by atoms with Gasteiger partial charge in [0.15, 0.2) is 5.60 Å². The second-order valence-corrected chi connectivity index (χ2v) is 5.37. The smallest absolute Gasteiger partial charge is 0.271 e. The van der Waals surface area contributed by atoms with Gasteiger partial charge in [0.2, 0.25) is 0 Å². The van der Waals surface area contributed by atoms with Crippen molar-refractivity contribution in [2.24, 2.45) is 5.73 Å². The molecule has 0 fully saturated rings. The van der Waals surface area contributed by atoms with E-state index < -0.39 is 5.60 Å². The van der Waals surface area contributed by atoms with Crippen LogP contribution in [0.25, 0.3) is 0 Å². The summed E-state index contributed by atoms with van der Waals surface area (Å²) < 4.78 is 6.07. The van der Waals surface area contributed by atoms with Gasteiger partial charge in [0, 0.05) is 6.54 Å². The molecule has 2 N–H and O–H groups in total. The number of fused-ring (bicyclic) bond motifs is 1. The van der Waals surface area contributed by atoms with Crippen LogP contribution in [0, 0.1) is 6.92 Å². The fourth-order valence-corrected chi connectivity index (χ4v) is 2.70. The molecule has 0 aromatic heterocycles. The van der Waals surface area contributed by atoms with Crippen molar-refractivity contribution >= 4 is 11.6 Å². The summed E-state index contributed by atoms with van der Waals surface area (Å²) in [6.45, 7) is 7.25. The van der Waals surface area contributed by atoms with Crippen molar-refractivity contribution in [3.8, 4) is 5.75 Å². The Hall–Kier alpha value is -1.55. The van der Waals surface area contributed by atoms with Gasteiger partial charge in [-0.1, -0.05) is 19.9 Å². The molecule has 1 aliphatic rings. The lowest BCUT2D eigenvalue weighted by Crippen LogP contribution is -2.56. The Balaban J connectivity index is 2.47. The van der Waals surface area contributed by atoms with Crippen molar-refractivity contribution in [3.05, 3.63) is 23.8 Å². The Labute approximate surface area is 120 Å². The van der Waals surface area contributed by atoms with Gasteiger partial charge in [0.25, 0.3) is 5.91 Å². The molecule has 0 bridgehead atoms. The summed E-state index contributed by atoms with van der Waals surface area (Å²) in [6.07, 6.45) is 2.15. The van der Waals surface area contributed by atoms with E-state index in [0.29, 0.717) is 25.9 Å². The van der Waals surface area contributed by atoms with Crippen LogP contribution in [-0.4, -0.2) is 24.6 Å². The van der Waals surface area contributed by atoms with Gasteiger partial charge in [-0.25, -0.2) is 0 Å². The molecule has 0 atom stereocenters. The van der Waals surface area contributed by atoms with E-state index in [0.717, 1.165) is 23.4 Å². The van der Waals surface area contributed by atoms with Gasteiger partial charge in [-0.15, -0.1) is 0 Å². The number of hydrogen-bond acceptors (Lipinski definition) is 3. The molecule has 4 heteroatoms. The van der Waals surface area contributed by atoms with E-state index in [2.05, 4.69) is 0 Å². The van der Waals surface area contributed by atoms with E-state index in [1.165, 1.54) is 0 Å². The molecule has 0 spiro atoms. The Morgan fingerprint density at radius 2 is 2.00 bits per heavy atom.